The Morgan fingerprint density at radius 1 is 1.42 bits per heavy atom. The molecule has 1 aromatic carbocycles. The van der Waals surface area contributed by atoms with Gasteiger partial charge in [-0.15, -0.1) is 0 Å². The monoisotopic (exact) mass is 164 g/mol. The number of hydrogen-bond donors (Lipinski definition) is 1. The van der Waals surface area contributed by atoms with Crippen molar-refractivity contribution in [2.24, 2.45) is 0 Å². The highest BCUT2D eigenvalue weighted by Crippen LogP contribution is 2.00. The zero-order chi connectivity index (χ0) is 8.97. The molecule has 0 amide bonds. The van der Waals surface area contributed by atoms with Crippen LogP contribution in [0.2, 0.25) is 0 Å². The van der Waals surface area contributed by atoms with Gasteiger partial charge in [0.25, 0.3) is 0 Å². The third kappa shape index (κ3) is 2.47. The molecule has 0 heterocycles. The number of carbonyl (C=O) groups excluding carboxylic acids is 1. The van der Waals surface area contributed by atoms with E-state index in [4.69, 9.17) is 0 Å². The van der Waals surface area contributed by atoms with Crippen LogP contribution in [-0.4, -0.2) is 11.8 Å². The van der Waals surface area contributed by atoms with E-state index in [9.17, 15) is 4.79 Å². The average Bonchev–Trinajstić information content (AvgIpc) is 2.06. The fourth-order valence-corrected chi connectivity index (χ4v) is 1.04. The predicted molar refractivity (Wildman–Crippen MR) is 47.5 cm³/mol. The molecule has 0 aliphatic heterocycles. The standard InChI is InChI=1S/C10H13NO/c1-8(12)10(11)7-9-5-3-2-4-6-9/h2-6,10H,7,11H2,1H3/p+1. The average molecular weight is 164 g/mol. The topological polar surface area (TPSA) is 44.7 Å². The lowest BCUT2D eigenvalue weighted by Gasteiger charge is -2.03. The Morgan fingerprint density at radius 3 is 2.50 bits per heavy atom. The van der Waals surface area contributed by atoms with Crippen LogP contribution in [0.3, 0.4) is 0 Å². The third-order valence-electron chi connectivity index (χ3n) is 1.90. The maximum Gasteiger partial charge on any atom is 0.187 e. The van der Waals surface area contributed by atoms with Gasteiger partial charge in [-0.05, 0) is 5.56 Å². The van der Waals surface area contributed by atoms with Gasteiger partial charge in [-0.2, -0.15) is 0 Å². The van der Waals surface area contributed by atoms with Gasteiger partial charge in [0.2, 0.25) is 0 Å². The van der Waals surface area contributed by atoms with Crippen molar-refractivity contribution in [1.29, 1.82) is 0 Å². The first kappa shape index (κ1) is 8.94. The van der Waals surface area contributed by atoms with E-state index in [0.29, 0.717) is 0 Å². The number of benzene rings is 1. The second-order valence-corrected chi connectivity index (χ2v) is 3.00. The van der Waals surface area contributed by atoms with Crippen LogP contribution in [0.5, 0.6) is 0 Å². The molecule has 0 bridgehead atoms. The van der Waals surface area contributed by atoms with E-state index < -0.39 is 0 Å². The summed E-state index contributed by atoms with van der Waals surface area (Å²) in [4.78, 5) is 10.9. The molecule has 1 aromatic rings. The van der Waals surface area contributed by atoms with Crippen LogP contribution in [0.25, 0.3) is 0 Å². The van der Waals surface area contributed by atoms with Crippen molar-refractivity contribution in [1.82, 2.24) is 0 Å². The predicted octanol–water partition coefficient (Wildman–Crippen LogP) is 0.429. The van der Waals surface area contributed by atoms with Gasteiger partial charge in [0, 0.05) is 13.3 Å². The molecule has 0 aromatic heterocycles. The van der Waals surface area contributed by atoms with Crippen LogP contribution in [0.1, 0.15) is 12.5 Å². The second kappa shape index (κ2) is 4.02. The van der Waals surface area contributed by atoms with E-state index in [1.165, 1.54) is 5.56 Å². The molecule has 2 heteroatoms. The van der Waals surface area contributed by atoms with Gasteiger partial charge in [-0.3, -0.25) is 4.79 Å². The van der Waals surface area contributed by atoms with Gasteiger partial charge in [0.05, 0.1) is 0 Å². The van der Waals surface area contributed by atoms with Gasteiger partial charge < -0.3 is 5.73 Å². The zero-order valence-corrected chi connectivity index (χ0v) is 7.29. The summed E-state index contributed by atoms with van der Waals surface area (Å²) in [5.41, 5.74) is 4.96. The van der Waals surface area contributed by atoms with Crippen molar-refractivity contribution in [3.63, 3.8) is 0 Å². The van der Waals surface area contributed by atoms with Gasteiger partial charge in [0.15, 0.2) is 5.78 Å². The van der Waals surface area contributed by atoms with Gasteiger partial charge in [-0.25, -0.2) is 0 Å². The van der Waals surface area contributed by atoms with Crippen molar-refractivity contribution in [3.05, 3.63) is 35.9 Å². The Labute approximate surface area is 72.4 Å². The molecule has 12 heavy (non-hydrogen) atoms. The Morgan fingerprint density at radius 2 is 2.00 bits per heavy atom. The summed E-state index contributed by atoms with van der Waals surface area (Å²) in [6.07, 6.45) is 0.746. The fraction of sp³-hybridized carbons (Fsp3) is 0.300. The molecule has 1 rings (SSSR count). The lowest BCUT2D eigenvalue weighted by atomic mass is 10.0. The fourth-order valence-electron chi connectivity index (χ4n) is 1.04. The molecule has 2 nitrogen and oxygen atoms in total. The van der Waals surface area contributed by atoms with Gasteiger partial charge in [0.1, 0.15) is 6.04 Å². The molecule has 0 fully saturated rings. The quantitative estimate of drug-likeness (QED) is 0.691. The summed E-state index contributed by atoms with van der Waals surface area (Å²) in [6.45, 7) is 1.58. The molecule has 0 radical (unpaired) electrons. The van der Waals surface area contributed by atoms with Crippen LogP contribution in [0.4, 0.5) is 0 Å². The lowest BCUT2D eigenvalue weighted by Crippen LogP contribution is -2.65. The van der Waals surface area contributed by atoms with E-state index >= 15 is 0 Å². The van der Waals surface area contributed by atoms with Gasteiger partial charge in [-0.1, -0.05) is 30.3 Å². The maximum atomic E-state index is 10.9. The summed E-state index contributed by atoms with van der Waals surface area (Å²) < 4.78 is 0. The van der Waals surface area contributed by atoms with Crippen LogP contribution in [0, 0.1) is 0 Å². The Kier molecular flexibility index (Phi) is 3.00. The van der Waals surface area contributed by atoms with Crippen LogP contribution < -0.4 is 5.73 Å². The van der Waals surface area contributed by atoms with Crippen molar-refractivity contribution in [3.8, 4) is 0 Å². The molecule has 1 atom stereocenters. The van der Waals surface area contributed by atoms with Gasteiger partial charge >= 0.3 is 0 Å². The third-order valence-corrected chi connectivity index (χ3v) is 1.90. The lowest BCUT2D eigenvalue weighted by molar-refractivity contribution is -0.402. The Balaban J connectivity index is 2.58. The Bertz CT molecular complexity index is 256. The molecule has 64 valence electrons. The normalized spacial score (nSPS) is 12.5. The minimum Gasteiger partial charge on any atom is -0.349 e. The molecular formula is C10H14NO+. The maximum absolute atomic E-state index is 10.9. The number of rotatable bonds is 3. The molecule has 0 spiro atoms. The largest absolute Gasteiger partial charge is 0.349 e. The minimum atomic E-state index is -0.104. The van der Waals surface area contributed by atoms with E-state index in [0.717, 1.165) is 6.42 Å². The second-order valence-electron chi connectivity index (χ2n) is 3.00. The number of Topliss-reactive ketones (excluding diaryl/α,β-unsaturated/α-hetero) is 1. The molecule has 0 saturated carbocycles. The molecule has 3 N–H and O–H groups in total. The van der Waals surface area contributed by atoms with E-state index in [-0.39, 0.29) is 11.8 Å². The van der Waals surface area contributed by atoms with E-state index in [1.54, 1.807) is 6.92 Å². The highest BCUT2D eigenvalue weighted by molar-refractivity contribution is 5.80. The molecular weight excluding hydrogens is 150 g/mol. The minimum absolute atomic E-state index is 0.104. The SMILES string of the molecule is CC(=O)C([NH3+])Cc1ccccc1. The summed E-state index contributed by atoms with van der Waals surface area (Å²) in [5.74, 6) is 0.152. The van der Waals surface area contributed by atoms with E-state index in [1.807, 2.05) is 30.3 Å². The number of carbonyl (C=O) groups is 1. The van der Waals surface area contributed by atoms with Crippen LogP contribution in [0.15, 0.2) is 30.3 Å². The van der Waals surface area contributed by atoms with Crippen molar-refractivity contribution >= 4 is 5.78 Å². The number of ketones is 1. The zero-order valence-electron chi connectivity index (χ0n) is 7.29. The first-order valence-corrected chi connectivity index (χ1v) is 4.07. The highest BCUT2D eigenvalue weighted by Gasteiger charge is 2.11. The molecule has 0 aliphatic rings. The van der Waals surface area contributed by atoms with Crippen molar-refractivity contribution in [2.75, 3.05) is 0 Å². The summed E-state index contributed by atoms with van der Waals surface area (Å²) in [6, 6.07) is 9.84. The first-order valence-electron chi connectivity index (χ1n) is 4.07. The van der Waals surface area contributed by atoms with Crippen molar-refractivity contribution in [2.45, 2.75) is 19.4 Å². The first-order chi connectivity index (χ1) is 5.70. The van der Waals surface area contributed by atoms with Crippen LogP contribution >= 0.6 is 0 Å². The summed E-state index contributed by atoms with van der Waals surface area (Å²) in [5, 5.41) is 0. The van der Waals surface area contributed by atoms with E-state index in [2.05, 4.69) is 5.73 Å². The number of hydrogen-bond acceptors (Lipinski definition) is 1. The molecule has 0 aliphatic carbocycles. The smallest absolute Gasteiger partial charge is 0.187 e. The van der Waals surface area contributed by atoms with Crippen LogP contribution in [-0.2, 0) is 11.2 Å². The highest BCUT2D eigenvalue weighted by atomic mass is 16.1. The molecule has 0 saturated heterocycles. The Hall–Kier alpha value is -1.15. The van der Waals surface area contributed by atoms with Crippen molar-refractivity contribution < 1.29 is 10.5 Å². The number of quaternary nitrogens is 1. The summed E-state index contributed by atoms with van der Waals surface area (Å²) in [7, 11) is 0. The molecule has 1 unspecified atom stereocenters. The summed E-state index contributed by atoms with van der Waals surface area (Å²) >= 11 is 0.